The second kappa shape index (κ2) is 5.44. The number of hydrogen-bond acceptors (Lipinski definition) is 1. The summed E-state index contributed by atoms with van der Waals surface area (Å²) in [6.45, 7) is 0.807. The Kier molecular flexibility index (Phi) is 3.67. The summed E-state index contributed by atoms with van der Waals surface area (Å²) in [5.41, 5.74) is 3.25. The van der Waals surface area contributed by atoms with Crippen molar-refractivity contribution in [1.29, 1.82) is 0 Å². The molecule has 0 bridgehead atoms. The fraction of sp³-hybridized carbons (Fsp3) is 0.250. The molecule has 1 heterocycles. The Morgan fingerprint density at radius 2 is 1.95 bits per heavy atom. The lowest BCUT2D eigenvalue weighted by atomic mass is 9.98. The average molecular weight is 293 g/mol. The number of hydrogen-bond donors (Lipinski definition) is 0. The maximum atomic E-state index is 6.55. The molecular weight excluding hydrogens is 279 g/mol. The van der Waals surface area contributed by atoms with Gasteiger partial charge in [0.05, 0.1) is 12.0 Å². The lowest BCUT2D eigenvalue weighted by Gasteiger charge is -2.19. The fourth-order valence-electron chi connectivity index (χ4n) is 2.40. The van der Waals surface area contributed by atoms with E-state index in [0.29, 0.717) is 5.02 Å². The highest BCUT2D eigenvalue weighted by molar-refractivity contribution is 6.33. The first kappa shape index (κ1) is 12.8. The molecule has 1 aliphatic heterocycles. The van der Waals surface area contributed by atoms with E-state index in [1.165, 1.54) is 5.56 Å². The molecule has 1 nitrogen and oxygen atoms in total. The van der Waals surface area contributed by atoms with Crippen LogP contribution in [-0.2, 0) is 6.42 Å². The number of fused-ring (bicyclic) bond motifs is 1. The van der Waals surface area contributed by atoms with Crippen LogP contribution in [0.4, 0.5) is 0 Å². The first-order valence-corrected chi connectivity index (χ1v) is 7.21. The van der Waals surface area contributed by atoms with Crippen molar-refractivity contribution in [3.05, 3.63) is 64.2 Å². The predicted octanol–water partition coefficient (Wildman–Crippen LogP) is 4.99. The number of halogens is 2. The molecule has 3 rings (SSSR count). The summed E-state index contributed by atoms with van der Waals surface area (Å²) in [7, 11) is 0. The summed E-state index contributed by atoms with van der Waals surface area (Å²) < 4.78 is 5.62. The fourth-order valence-corrected chi connectivity index (χ4v) is 3.02. The standard InChI is InChI=1S/C16H14Cl2O/c17-14-6-2-1-5-13(14)16(18)12-7-8-15-11(10-12)4-3-9-19-15/h1-2,5-8,10,16H,3-4,9H2. The highest BCUT2D eigenvalue weighted by Crippen LogP contribution is 2.36. The number of rotatable bonds is 2. The van der Waals surface area contributed by atoms with Crippen molar-refractivity contribution in [2.75, 3.05) is 6.61 Å². The minimum Gasteiger partial charge on any atom is -0.493 e. The maximum Gasteiger partial charge on any atom is 0.122 e. The molecule has 1 atom stereocenters. The number of alkyl halides is 1. The van der Waals surface area contributed by atoms with Gasteiger partial charge in [0.2, 0.25) is 0 Å². The monoisotopic (exact) mass is 292 g/mol. The number of aryl methyl sites for hydroxylation is 1. The smallest absolute Gasteiger partial charge is 0.122 e. The van der Waals surface area contributed by atoms with Gasteiger partial charge in [0, 0.05) is 5.02 Å². The molecule has 0 radical (unpaired) electrons. The molecule has 3 heteroatoms. The minimum atomic E-state index is -0.221. The van der Waals surface area contributed by atoms with Crippen LogP contribution in [0.1, 0.15) is 28.5 Å². The van der Waals surface area contributed by atoms with Gasteiger partial charge in [0.15, 0.2) is 0 Å². The third-order valence-electron chi connectivity index (χ3n) is 3.40. The quantitative estimate of drug-likeness (QED) is 0.708. The Morgan fingerprint density at radius 1 is 1.11 bits per heavy atom. The van der Waals surface area contributed by atoms with Gasteiger partial charge in [0.25, 0.3) is 0 Å². The van der Waals surface area contributed by atoms with E-state index < -0.39 is 0 Å². The highest BCUT2D eigenvalue weighted by atomic mass is 35.5. The summed E-state index contributed by atoms with van der Waals surface area (Å²) in [5.74, 6) is 0.984. The normalized spacial score (nSPS) is 15.5. The second-order valence-corrected chi connectivity index (χ2v) is 5.55. The zero-order chi connectivity index (χ0) is 13.2. The Bertz CT molecular complexity index is 595. The van der Waals surface area contributed by atoms with E-state index in [1.54, 1.807) is 0 Å². The molecule has 2 aromatic carbocycles. The number of ether oxygens (including phenoxy) is 1. The van der Waals surface area contributed by atoms with E-state index in [-0.39, 0.29) is 5.38 Å². The Balaban J connectivity index is 1.96. The highest BCUT2D eigenvalue weighted by Gasteiger charge is 2.17. The van der Waals surface area contributed by atoms with Crippen molar-refractivity contribution in [3.63, 3.8) is 0 Å². The minimum absolute atomic E-state index is 0.221. The van der Waals surface area contributed by atoms with Crippen LogP contribution in [0, 0.1) is 0 Å². The van der Waals surface area contributed by atoms with Gasteiger partial charge in [-0.2, -0.15) is 0 Å². The van der Waals surface area contributed by atoms with Crippen LogP contribution < -0.4 is 4.74 Å². The Hall–Kier alpha value is -1.18. The van der Waals surface area contributed by atoms with Crippen LogP contribution >= 0.6 is 23.2 Å². The zero-order valence-electron chi connectivity index (χ0n) is 10.4. The molecule has 0 aliphatic carbocycles. The number of benzene rings is 2. The van der Waals surface area contributed by atoms with Gasteiger partial charge >= 0.3 is 0 Å². The third kappa shape index (κ3) is 2.58. The molecule has 0 fully saturated rings. The van der Waals surface area contributed by atoms with Crippen molar-refractivity contribution >= 4 is 23.2 Å². The Morgan fingerprint density at radius 3 is 2.79 bits per heavy atom. The lowest BCUT2D eigenvalue weighted by molar-refractivity contribution is 0.288. The van der Waals surface area contributed by atoms with Gasteiger partial charge in [-0.15, -0.1) is 11.6 Å². The molecule has 0 saturated heterocycles. The first-order valence-electron chi connectivity index (χ1n) is 6.40. The summed E-state index contributed by atoms with van der Waals surface area (Å²) in [6.07, 6.45) is 2.12. The lowest BCUT2D eigenvalue weighted by Crippen LogP contribution is -2.09. The molecule has 98 valence electrons. The van der Waals surface area contributed by atoms with Gasteiger partial charge < -0.3 is 4.74 Å². The topological polar surface area (TPSA) is 9.23 Å². The van der Waals surface area contributed by atoms with E-state index in [9.17, 15) is 0 Å². The first-order chi connectivity index (χ1) is 9.25. The Labute approximate surface area is 123 Å². The third-order valence-corrected chi connectivity index (χ3v) is 4.23. The summed E-state index contributed by atoms with van der Waals surface area (Å²) in [5, 5.41) is 0.484. The van der Waals surface area contributed by atoms with Gasteiger partial charge in [-0.3, -0.25) is 0 Å². The van der Waals surface area contributed by atoms with Crippen LogP contribution in [0.25, 0.3) is 0 Å². The molecule has 0 aromatic heterocycles. The van der Waals surface area contributed by atoms with Crippen LogP contribution in [0.15, 0.2) is 42.5 Å². The van der Waals surface area contributed by atoms with Gasteiger partial charge in [0.1, 0.15) is 5.75 Å². The molecule has 0 N–H and O–H groups in total. The molecule has 2 aromatic rings. The van der Waals surface area contributed by atoms with Crippen molar-refractivity contribution in [2.45, 2.75) is 18.2 Å². The molecular formula is C16H14Cl2O. The molecule has 1 aliphatic rings. The van der Waals surface area contributed by atoms with E-state index in [4.69, 9.17) is 27.9 Å². The molecule has 0 saturated carbocycles. The molecule has 1 unspecified atom stereocenters. The van der Waals surface area contributed by atoms with E-state index in [0.717, 1.165) is 36.3 Å². The molecule has 0 amide bonds. The summed E-state index contributed by atoms with van der Waals surface area (Å²) in [6, 6.07) is 13.9. The average Bonchev–Trinajstić information content (AvgIpc) is 2.46. The van der Waals surface area contributed by atoms with E-state index in [2.05, 4.69) is 6.07 Å². The summed E-state index contributed by atoms with van der Waals surface area (Å²) in [4.78, 5) is 0. The van der Waals surface area contributed by atoms with Crippen molar-refractivity contribution in [1.82, 2.24) is 0 Å². The second-order valence-electron chi connectivity index (χ2n) is 4.70. The molecule has 0 spiro atoms. The predicted molar refractivity (Wildman–Crippen MR) is 79.4 cm³/mol. The van der Waals surface area contributed by atoms with E-state index in [1.807, 2.05) is 36.4 Å². The van der Waals surface area contributed by atoms with Crippen LogP contribution in [0.3, 0.4) is 0 Å². The largest absolute Gasteiger partial charge is 0.493 e. The van der Waals surface area contributed by atoms with Gasteiger partial charge in [-0.05, 0) is 41.7 Å². The SMILES string of the molecule is Clc1ccccc1C(Cl)c1ccc2c(c1)CCCO2. The van der Waals surface area contributed by atoms with Gasteiger partial charge in [-0.1, -0.05) is 41.9 Å². The zero-order valence-corrected chi connectivity index (χ0v) is 11.9. The van der Waals surface area contributed by atoms with Crippen LogP contribution in [0.5, 0.6) is 5.75 Å². The van der Waals surface area contributed by atoms with E-state index >= 15 is 0 Å². The molecule has 19 heavy (non-hydrogen) atoms. The van der Waals surface area contributed by atoms with Crippen molar-refractivity contribution < 1.29 is 4.74 Å². The maximum absolute atomic E-state index is 6.55. The van der Waals surface area contributed by atoms with Crippen LogP contribution in [-0.4, -0.2) is 6.61 Å². The van der Waals surface area contributed by atoms with Gasteiger partial charge in [-0.25, -0.2) is 0 Å². The van der Waals surface area contributed by atoms with Crippen molar-refractivity contribution in [3.8, 4) is 5.75 Å². The van der Waals surface area contributed by atoms with Crippen molar-refractivity contribution in [2.24, 2.45) is 0 Å². The summed E-state index contributed by atoms with van der Waals surface area (Å²) >= 11 is 12.8. The van der Waals surface area contributed by atoms with Crippen LogP contribution in [0.2, 0.25) is 5.02 Å².